The molecule has 0 bridgehead atoms. The van der Waals surface area contributed by atoms with Crippen LogP contribution in [0, 0.1) is 0 Å². The van der Waals surface area contributed by atoms with Crippen molar-refractivity contribution in [2.24, 2.45) is 0 Å². The summed E-state index contributed by atoms with van der Waals surface area (Å²) in [5.41, 5.74) is 1.20. The molecule has 14 heavy (non-hydrogen) atoms. The van der Waals surface area contributed by atoms with Gasteiger partial charge in [-0.1, -0.05) is 0 Å². The standard InChI is InChI=1S/C9H9O.3CH3.Sn/c10-8-4-7-9-5-2-1-3-6-9;;;;/h1-3,5-7,10H,8H2;3*1H3;. The van der Waals surface area contributed by atoms with Crippen LogP contribution in [0.2, 0.25) is 14.8 Å². The molecule has 0 atom stereocenters. The molecule has 0 aromatic heterocycles. The molecule has 1 nitrogen and oxygen atoms in total. The minimum absolute atomic E-state index is 0.217. The van der Waals surface area contributed by atoms with Crippen LogP contribution in [0.5, 0.6) is 0 Å². The van der Waals surface area contributed by atoms with E-state index in [1.54, 1.807) is 0 Å². The number of hydrogen-bond acceptors (Lipinski definition) is 1. The summed E-state index contributed by atoms with van der Waals surface area (Å²) in [5.74, 6) is 0. The molecule has 0 spiro atoms. The number of hydrogen-bond donors (Lipinski definition) is 1. The second-order valence-electron chi connectivity index (χ2n) is 4.49. The molecule has 0 fully saturated rings. The number of aliphatic hydroxyl groups is 1. The predicted octanol–water partition coefficient (Wildman–Crippen LogP) is 2.94. The van der Waals surface area contributed by atoms with Gasteiger partial charge in [0.15, 0.2) is 0 Å². The van der Waals surface area contributed by atoms with E-state index in [9.17, 15) is 5.11 Å². The SMILES string of the molecule is [CH3][Sn]([CH3])([CH3])/[C](=C\c1ccccc1)CO. The quantitative estimate of drug-likeness (QED) is 0.851. The molecule has 0 aliphatic heterocycles. The van der Waals surface area contributed by atoms with E-state index in [4.69, 9.17) is 0 Å². The van der Waals surface area contributed by atoms with Gasteiger partial charge in [-0.05, 0) is 0 Å². The second kappa shape index (κ2) is 4.98. The molecule has 1 rings (SSSR count). The maximum absolute atomic E-state index is 9.31. The fourth-order valence-corrected chi connectivity index (χ4v) is 4.32. The van der Waals surface area contributed by atoms with E-state index < -0.39 is 18.4 Å². The summed E-state index contributed by atoms with van der Waals surface area (Å²) >= 11 is -2.07. The molecule has 0 saturated carbocycles. The van der Waals surface area contributed by atoms with Gasteiger partial charge in [0.2, 0.25) is 0 Å². The Morgan fingerprint density at radius 1 is 1.21 bits per heavy atom. The van der Waals surface area contributed by atoms with Crippen molar-refractivity contribution in [2.75, 3.05) is 6.61 Å². The third kappa shape index (κ3) is 3.46. The normalized spacial score (nSPS) is 13.0. The van der Waals surface area contributed by atoms with Gasteiger partial charge in [-0.3, -0.25) is 0 Å². The molecule has 2 heteroatoms. The molecule has 0 radical (unpaired) electrons. The van der Waals surface area contributed by atoms with Gasteiger partial charge in [0, 0.05) is 0 Å². The van der Waals surface area contributed by atoms with Crippen molar-refractivity contribution in [1.82, 2.24) is 0 Å². The van der Waals surface area contributed by atoms with Gasteiger partial charge in [0.1, 0.15) is 0 Å². The molecule has 1 aromatic carbocycles. The van der Waals surface area contributed by atoms with Crippen molar-refractivity contribution < 1.29 is 5.11 Å². The first-order chi connectivity index (χ1) is 6.54. The molecule has 0 saturated heterocycles. The Hall–Kier alpha value is -0.281. The van der Waals surface area contributed by atoms with Crippen LogP contribution in [0.3, 0.4) is 0 Å². The van der Waals surface area contributed by atoms with Crippen LogP contribution in [0.25, 0.3) is 6.08 Å². The van der Waals surface area contributed by atoms with Gasteiger partial charge in [0.25, 0.3) is 0 Å². The van der Waals surface area contributed by atoms with Crippen molar-refractivity contribution in [3.63, 3.8) is 0 Å². The monoisotopic (exact) mass is 298 g/mol. The molecule has 0 heterocycles. The van der Waals surface area contributed by atoms with Crippen LogP contribution in [0.15, 0.2) is 33.9 Å². The Bertz CT molecular complexity index is 309. The Balaban J connectivity index is 2.96. The van der Waals surface area contributed by atoms with E-state index in [-0.39, 0.29) is 6.61 Å². The van der Waals surface area contributed by atoms with Crippen LogP contribution in [0.1, 0.15) is 5.56 Å². The third-order valence-electron chi connectivity index (χ3n) is 2.27. The number of benzene rings is 1. The van der Waals surface area contributed by atoms with Crippen molar-refractivity contribution >= 4 is 24.5 Å². The van der Waals surface area contributed by atoms with Crippen LogP contribution in [0.4, 0.5) is 0 Å². The maximum atomic E-state index is 9.31. The summed E-state index contributed by atoms with van der Waals surface area (Å²) in [7, 11) is 0. The fourth-order valence-electron chi connectivity index (χ4n) is 1.25. The van der Waals surface area contributed by atoms with E-state index in [1.807, 2.05) is 18.2 Å². The van der Waals surface area contributed by atoms with Gasteiger partial charge < -0.3 is 0 Å². The summed E-state index contributed by atoms with van der Waals surface area (Å²) in [4.78, 5) is 6.96. The predicted molar refractivity (Wildman–Crippen MR) is 64.9 cm³/mol. The second-order valence-corrected chi connectivity index (χ2v) is 19.2. The Morgan fingerprint density at radius 2 is 1.79 bits per heavy atom. The Morgan fingerprint density at radius 3 is 2.21 bits per heavy atom. The average molecular weight is 297 g/mol. The van der Waals surface area contributed by atoms with Crippen LogP contribution in [-0.4, -0.2) is 30.1 Å². The van der Waals surface area contributed by atoms with Crippen LogP contribution < -0.4 is 0 Å². The van der Waals surface area contributed by atoms with Crippen LogP contribution in [-0.2, 0) is 0 Å². The molecular formula is C12H18OSn. The summed E-state index contributed by atoms with van der Waals surface area (Å²) in [6, 6.07) is 10.2. The van der Waals surface area contributed by atoms with Gasteiger partial charge >= 0.3 is 90.5 Å². The van der Waals surface area contributed by atoms with Crippen LogP contribution >= 0.6 is 0 Å². The first-order valence-electron chi connectivity index (χ1n) is 4.91. The summed E-state index contributed by atoms with van der Waals surface area (Å²) in [6.07, 6.45) is 2.15. The Kier molecular flexibility index (Phi) is 4.20. The molecule has 0 aliphatic carbocycles. The van der Waals surface area contributed by atoms with E-state index >= 15 is 0 Å². The van der Waals surface area contributed by atoms with E-state index in [1.165, 1.54) is 9.15 Å². The topological polar surface area (TPSA) is 20.2 Å². The first-order valence-corrected chi connectivity index (χ1v) is 14.9. The average Bonchev–Trinajstić information content (AvgIpc) is 2.14. The summed E-state index contributed by atoms with van der Waals surface area (Å²) in [6.45, 7) is 0.217. The van der Waals surface area contributed by atoms with Crippen molar-refractivity contribution in [3.05, 3.63) is 39.5 Å². The number of aliphatic hydroxyl groups excluding tert-OH is 1. The van der Waals surface area contributed by atoms with E-state index in [0.29, 0.717) is 0 Å². The Labute approximate surface area is 90.3 Å². The van der Waals surface area contributed by atoms with E-state index in [2.05, 4.69) is 33.0 Å². The summed E-state index contributed by atoms with van der Waals surface area (Å²) in [5, 5.41) is 9.31. The molecule has 0 unspecified atom stereocenters. The zero-order valence-electron chi connectivity index (χ0n) is 9.12. The fraction of sp³-hybridized carbons (Fsp3) is 0.333. The zero-order valence-corrected chi connectivity index (χ0v) is 12.0. The van der Waals surface area contributed by atoms with Crippen molar-refractivity contribution in [3.8, 4) is 0 Å². The van der Waals surface area contributed by atoms with Crippen molar-refractivity contribution in [2.45, 2.75) is 14.8 Å². The molecule has 0 aliphatic rings. The zero-order chi connectivity index (χ0) is 10.6. The first kappa shape index (κ1) is 11.8. The molecule has 0 amide bonds. The molecular weight excluding hydrogens is 279 g/mol. The van der Waals surface area contributed by atoms with Gasteiger partial charge in [-0.2, -0.15) is 0 Å². The molecule has 76 valence electrons. The molecule has 1 N–H and O–H groups in total. The van der Waals surface area contributed by atoms with Crippen molar-refractivity contribution in [1.29, 1.82) is 0 Å². The van der Waals surface area contributed by atoms with E-state index in [0.717, 1.165) is 0 Å². The summed E-state index contributed by atoms with van der Waals surface area (Å²) < 4.78 is 1.27. The molecule has 1 aromatic rings. The minimum atomic E-state index is -2.07. The van der Waals surface area contributed by atoms with Gasteiger partial charge in [0.05, 0.1) is 0 Å². The van der Waals surface area contributed by atoms with Gasteiger partial charge in [-0.25, -0.2) is 0 Å². The number of rotatable bonds is 3. The van der Waals surface area contributed by atoms with Gasteiger partial charge in [-0.15, -0.1) is 0 Å². The third-order valence-corrected chi connectivity index (χ3v) is 8.64.